The summed E-state index contributed by atoms with van der Waals surface area (Å²) in [6.07, 6.45) is 15.6. The molecule has 88 heavy (non-hydrogen) atoms. The van der Waals surface area contributed by atoms with E-state index in [2.05, 4.69) is 43.3 Å². The van der Waals surface area contributed by atoms with Gasteiger partial charge < -0.3 is 69.5 Å². The summed E-state index contributed by atoms with van der Waals surface area (Å²) >= 11 is 0. The summed E-state index contributed by atoms with van der Waals surface area (Å²) in [5, 5.41) is 22.2. The van der Waals surface area contributed by atoms with Crippen molar-refractivity contribution in [3.05, 3.63) is 125 Å². The van der Waals surface area contributed by atoms with E-state index in [-0.39, 0.29) is 59.4 Å². The molecular weight excluding hydrogens is 1120 g/mol. The molecule has 4 amide bonds. The van der Waals surface area contributed by atoms with Crippen LogP contribution in [0.1, 0.15) is 131 Å². The van der Waals surface area contributed by atoms with E-state index in [1.165, 1.54) is 17.7 Å². The average molecular weight is 1220 g/mol. The fraction of sp³-hybridized carbons (Fsp3) is 0.559. The molecule has 3 aromatic carbocycles. The number of allylic oxidation sites excluding steroid dienone is 1. The number of carbonyl (C=O) groups excluding carboxylic acids is 5. The Morgan fingerprint density at radius 3 is 2.17 bits per heavy atom. The highest BCUT2D eigenvalue weighted by Gasteiger charge is 2.43. The van der Waals surface area contributed by atoms with Crippen molar-refractivity contribution in [1.29, 1.82) is 0 Å². The number of ketones is 1. The van der Waals surface area contributed by atoms with Gasteiger partial charge in [0.15, 0.2) is 5.78 Å². The standard InChI is InChI=1S/C68H96N8O12/c1-49(69-5)65(80)73-64(68(2,3)4)67(82)76-47-52-44-54(26-25-51(52)45-59(76)66(81)72-58-22-17-19-50-18-12-13-20-56(50)58)88-43-42-86-41-40-85-39-38-84-37-36-83-35-31-71-63(79)24-11-9-7-8-10-16-34-87-55-27-30-70-62(46-55)75-33-28-53(48-75)74(6)32-29-61(78)57-21-14-15-23-60(57)77/h12-15,18,20-21,23,25-27,29-30,32,44,46,49,53,58-59,64,69,77H,7-11,16-17,19,22,24,28,31,33-43,45,47-48H2,1-6H3,(H,71,79)(H,72,81)(H,73,80)/b32-29+/t49-,53+,58+,59-,64+/m0/s1. The maximum atomic E-state index is 14.7. The molecular formula is C68H96N8O12. The average Bonchev–Trinajstić information content (AvgIpc) is 1.17. The zero-order valence-corrected chi connectivity index (χ0v) is 52.7. The van der Waals surface area contributed by atoms with Gasteiger partial charge in [0.05, 0.1) is 77.1 Å². The zero-order valence-electron chi connectivity index (χ0n) is 52.7. The minimum absolute atomic E-state index is 0.0215. The number of benzene rings is 3. The Kier molecular flexibility index (Phi) is 27.8. The molecule has 1 aromatic heterocycles. The van der Waals surface area contributed by atoms with Crippen molar-refractivity contribution in [2.24, 2.45) is 5.41 Å². The van der Waals surface area contributed by atoms with Crippen LogP contribution < -0.4 is 35.6 Å². The second-order valence-corrected chi connectivity index (χ2v) is 24.1. The van der Waals surface area contributed by atoms with E-state index in [1.807, 2.05) is 75.2 Å². The Hall–Kier alpha value is -7.10. The summed E-state index contributed by atoms with van der Waals surface area (Å²) in [5.41, 5.74) is 3.84. The topological polar surface area (TPSA) is 232 Å². The first-order chi connectivity index (χ1) is 42.6. The number of aryl methyl sites for hydroxylation is 1. The molecule has 1 saturated heterocycles. The number of hydrogen-bond donors (Lipinski definition) is 5. The lowest BCUT2D eigenvalue weighted by Crippen LogP contribution is -2.62. The lowest BCUT2D eigenvalue weighted by atomic mass is 9.83. The van der Waals surface area contributed by atoms with E-state index in [4.69, 9.17) is 28.4 Å². The summed E-state index contributed by atoms with van der Waals surface area (Å²) in [6.45, 7) is 13.9. The Balaban J connectivity index is 0.672. The van der Waals surface area contributed by atoms with Gasteiger partial charge in [-0.2, -0.15) is 0 Å². The van der Waals surface area contributed by atoms with Crippen molar-refractivity contribution in [1.82, 2.24) is 36.1 Å². The van der Waals surface area contributed by atoms with Crippen LogP contribution in [0.2, 0.25) is 0 Å². The van der Waals surface area contributed by atoms with Crippen molar-refractivity contribution in [2.75, 3.05) is 105 Å². The predicted octanol–water partition coefficient (Wildman–Crippen LogP) is 7.65. The monoisotopic (exact) mass is 1220 g/mol. The fourth-order valence-corrected chi connectivity index (χ4v) is 11.1. The second-order valence-electron chi connectivity index (χ2n) is 24.1. The smallest absolute Gasteiger partial charge is 0.246 e. The Labute approximate surface area is 520 Å². The first kappa shape index (κ1) is 68.4. The third-order valence-electron chi connectivity index (χ3n) is 16.5. The number of phenolic OH excluding ortho intramolecular Hbond substituents is 1. The molecule has 20 nitrogen and oxygen atoms in total. The number of aromatic hydroxyl groups is 1. The summed E-state index contributed by atoms with van der Waals surface area (Å²) < 4.78 is 34.8. The summed E-state index contributed by atoms with van der Waals surface area (Å²) in [6, 6.07) is 22.3. The van der Waals surface area contributed by atoms with E-state index in [0.29, 0.717) is 91.2 Å². The number of hydrogen-bond acceptors (Lipinski definition) is 16. The number of phenols is 1. The molecule has 20 heteroatoms. The van der Waals surface area contributed by atoms with Gasteiger partial charge in [-0.15, -0.1) is 0 Å². The maximum absolute atomic E-state index is 14.7. The number of nitrogens with zero attached hydrogens (tertiary/aromatic N) is 4. The lowest BCUT2D eigenvalue weighted by Gasteiger charge is -2.41. The van der Waals surface area contributed by atoms with Crippen LogP contribution in [0, 0.1) is 5.41 Å². The maximum Gasteiger partial charge on any atom is 0.246 e. The number of nitrogens with one attached hydrogen (secondary N) is 4. The van der Waals surface area contributed by atoms with E-state index in [9.17, 15) is 29.1 Å². The molecule has 3 aliphatic rings. The van der Waals surface area contributed by atoms with Crippen LogP contribution in [0.3, 0.4) is 0 Å². The number of unbranched alkanes of at least 4 members (excludes halogenated alkanes) is 5. The van der Waals surface area contributed by atoms with E-state index in [1.54, 1.807) is 49.5 Å². The molecule has 0 saturated carbocycles. The third kappa shape index (κ3) is 21.6. The molecule has 5 N–H and O–H groups in total. The minimum atomic E-state index is -0.878. The van der Waals surface area contributed by atoms with Crippen molar-refractivity contribution in [3.8, 4) is 17.2 Å². The Morgan fingerprint density at radius 2 is 1.43 bits per heavy atom. The number of para-hydroxylation sites is 1. The van der Waals surface area contributed by atoms with Gasteiger partial charge in [-0.05, 0) is 110 Å². The molecule has 5 atom stereocenters. The second kappa shape index (κ2) is 35.8. The zero-order chi connectivity index (χ0) is 62.7. The normalized spacial score (nSPS) is 17.2. The van der Waals surface area contributed by atoms with Crippen LogP contribution in [0.5, 0.6) is 17.2 Å². The molecule has 2 aliphatic heterocycles. The highest BCUT2D eigenvalue weighted by atomic mass is 16.6. The molecule has 0 unspecified atom stereocenters. The Bertz CT molecular complexity index is 2880. The number of carbonyl (C=O) groups is 5. The van der Waals surface area contributed by atoms with Crippen molar-refractivity contribution in [3.63, 3.8) is 0 Å². The van der Waals surface area contributed by atoms with Gasteiger partial charge >= 0.3 is 0 Å². The first-order valence-electron chi connectivity index (χ1n) is 31.6. The molecule has 0 bridgehead atoms. The fourth-order valence-electron chi connectivity index (χ4n) is 11.1. The number of ether oxygens (including phenoxy) is 6. The lowest BCUT2D eigenvalue weighted by molar-refractivity contribution is -0.147. The minimum Gasteiger partial charge on any atom is -0.507 e. The molecule has 7 rings (SSSR count). The third-order valence-corrected chi connectivity index (χ3v) is 16.5. The Morgan fingerprint density at radius 1 is 0.761 bits per heavy atom. The van der Waals surface area contributed by atoms with Crippen molar-refractivity contribution < 1.29 is 57.5 Å². The summed E-state index contributed by atoms with van der Waals surface area (Å²) in [4.78, 5) is 77.6. The molecule has 1 fully saturated rings. The van der Waals surface area contributed by atoms with Crippen molar-refractivity contribution >= 4 is 35.2 Å². The van der Waals surface area contributed by atoms with Crippen LogP contribution in [-0.2, 0) is 57.5 Å². The van der Waals surface area contributed by atoms with Gasteiger partial charge in [0.1, 0.15) is 41.8 Å². The van der Waals surface area contributed by atoms with Gasteiger partial charge in [-0.3, -0.25) is 24.0 Å². The van der Waals surface area contributed by atoms with Crippen LogP contribution in [0.25, 0.3) is 0 Å². The number of amides is 4. The van der Waals surface area contributed by atoms with Crippen LogP contribution in [0.4, 0.5) is 5.82 Å². The van der Waals surface area contributed by atoms with Gasteiger partial charge in [0.25, 0.3) is 0 Å². The number of rotatable bonds is 37. The van der Waals surface area contributed by atoms with Crippen LogP contribution >= 0.6 is 0 Å². The number of fused-ring (bicyclic) bond motifs is 2. The highest BCUT2D eigenvalue weighted by Crippen LogP contribution is 2.34. The number of likely N-dealkylation sites (N-methyl/N-ethyl adjacent to an activating group) is 2. The van der Waals surface area contributed by atoms with Gasteiger partial charge in [-0.25, -0.2) is 4.98 Å². The van der Waals surface area contributed by atoms with Crippen LogP contribution in [0.15, 0.2) is 97.3 Å². The molecule has 0 radical (unpaired) electrons. The predicted molar refractivity (Wildman–Crippen MR) is 338 cm³/mol. The SMILES string of the molecule is CN[C@@H](C)C(=O)N[C@H](C(=O)N1Cc2cc(OCCOCCOCCOCCOCCNC(=O)CCCCCCCCOc3ccnc(N4CC[C@@H](N(C)/C=C/C(=O)c5ccccc5O)C4)c3)ccc2C[C@H]1C(=O)N[C@@H]1CCCc2ccccc21)C(C)(C)C. The molecule has 4 aromatic rings. The summed E-state index contributed by atoms with van der Waals surface area (Å²) in [7, 11) is 3.66. The summed E-state index contributed by atoms with van der Waals surface area (Å²) in [5.74, 6) is 1.27. The quantitative estimate of drug-likeness (QED) is 0.0166. The van der Waals surface area contributed by atoms with Gasteiger partial charge in [0, 0.05) is 76.6 Å². The van der Waals surface area contributed by atoms with E-state index in [0.717, 1.165) is 106 Å². The molecule has 3 heterocycles. The molecule has 0 spiro atoms. The van der Waals surface area contributed by atoms with Gasteiger partial charge in [-0.1, -0.05) is 88.9 Å². The number of anilines is 1. The first-order valence-corrected chi connectivity index (χ1v) is 31.6. The van der Waals surface area contributed by atoms with Gasteiger partial charge in [0.2, 0.25) is 23.6 Å². The van der Waals surface area contributed by atoms with E-state index < -0.39 is 23.5 Å². The van der Waals surface area contributed by atoms with Crippen LogP contribution in [-0.4, -0.2) is 173 Å². The number of aromatic nitrogens is 1. The van der Waals surface area contributed by atoms with E-state index >= 15 is 0 Å². The highest BCUT2D eigenvalue weighted by molar-refractivity contribution is 6.06. The largest absolute Gasteiger partial charge is 0.507 e. The number of pyridine rings is 1. The van der Waals surface area contributed by atoms with Crippen molar-refractivity contribution in [2.45, 2.75) is 141 Å². The molecule has 1 aliphatic carbocycles. The molecule has 480 valence electrons.